The number of aryl methyl sites for hydroxylation is 2. The number of benzene rings is 2. The number of amidine groups is 1. The summed E-state index contributed by atoms with van der Waals surface area (Å²) in [6, 6.07) is 9.48. The number of ether oxygens (including phenoxy) is 1. The number of carbonyl (C=O) groups is 1. The van der Waals surface area contributed by atoms with Gasteiger partial charge in [0, 0.05) is 0 Å². The van der Waals surface area contributed by atoms with Gasteiger partial charge in [-0.05, 0) is 83.6 Å². The van der Waals surface area contributed by atoms with Crippen LogP contribution in [0.5, 0.6) is 11.5 Å². The summed E-state index contributed by atoms with van der Waals surface area (Å²) < 4.78 is 5.82. The van der Waals surface area contributed by atoms with Crippen LogP contribution in [0.1, 0.15) is 16.7 Å². The van der Waals surface area contributed by atoms with Gasteiger partial charge < -0.3 is 15.2 Å². The summed E-state index contributed by atoms with van der Waals surface area (Å²) in [5.74, 6) is 0.271. The molecule has 1 amide bonds. The lowest BCUT2D eigenvalue weighted by Gasteiger charge is -2.06. The van der Waals surface area contributed by atoms with Crippen LogP contribution in [-0.2, 0) is 4.79 Å². The average molecular weight is 480 g/mol. The zero-order chi connectivity index (χ0) is 18.8. The molecule has 134 valence electrons. The van der Waals surface area contributed by atoms with E-state index in [0.29, 0.717) is 19.4 Å². The summed E-state index contributed by atoms with van der Waals surface area (Å²) >= 11 is 3.32. The fourth-order valence-corrected chi connectivity index (χ4v) is 3.96. The predicted molar refractivity (Wildman–Crippen MR) is 114 cm³/mol. The first kappa shape index (κ1) is 18.8. The van der Waals surface area contributed by atoms with Crippen molar-refractivity contribution < 1.29 is 14.6 Å². The van der Waals surface area contributed by atoms with Crippen molar-refractivity contribution in [2.24, 2.45) is 4.99 Å². The first-order chi connectivity index (χ1) is 12.4. The largest absolute Gasteiger partial charge is 0.504 e. The Morgan fingerprint density at radius 1 is 1.27 bits per heavy atom. The van der Waals surface area contributed by atoms with E-state index in [-0.39, 0.29) is 11.7 Å². The molecule has 0 aliphatic carbocycles. The van der Waals surface area contributed by atoms with Crippen molar-refractivity contribution in [2.75, 3.05) is 7.11 Å². The number of carbonyl (C=O) groups excluding carboxylic acids is 1. The number of rotatable bonds is 3. The van der Waals surface area contributed by atoms with E-state index in [9.17, 15) is 9.90 Å². The maximum absolute atomic E-state index is 12.3. The Morgan fingerprint density at radius 2 is 2.04 bits per heavy atom. The summed E-state index contributed by atoms with van der Waals surface area (Å²) in [5, 5.41) is 13.3. The quantitative estimate of drug-likeness (QED) is 0.501. The van der Waals surface area contributed by atoms with Gasteiger partial charge in [-0.25, -0.2) is 4.99 Å². The molecule has 26 heavy (non-hydrogen) atoms. The number of phenolic OH excluding ortho intramolecular Hbond substituents is 1. The molecule has 1 heterocycles. The minimum absolute atomic E-state index is 0.0934. The molecule has 0 unspecified atom stereocenters. The highest BCUT2D eigenvalue weighted by Crippen LogP contribution is 2.35. The SMILES string of the molecule is COc1cc(/C=C2/SC(=Nc3ccc(C)cc3C)NC2=O)cc(I)c1O. The molecule has 1 aliphatic rings. The minimum Gasteiger partial charge on any atom is -0.504 e. The van der Waals surface area contributed by atoms with Gasteiger partial charge in [0.25, 0.3) is 5.91 Å². The monoisotopic (exact) mass is 480 g/mol. The molecule has 2 aromatic rings. The smallest absolute Gasteiger partial charge is 0.264 e. The van der Waals surface area contributed by atoms with E-state index in [4.69, 9.17) is 4.74 Å². The lowest BCUT2D eigenvalue weighted by Crippen LogP contribution is -2.19. The van der Waals surface area contributed by atoms with Crippen LogP contribution in [0, 0.1) is 17.4 Å². The topological polar surface area (TPSA) is 70.9 Å². The number of hydrogen-bond donors (Lipinski definition) is 2. The number of amides is 1. The van der Waals surface area contributed by atoms with E-state index >= 15 is 0 Å². The van der Waals surface area contributed by atoms with E-state index in [1.54, 1.807) is 18.2 Å². The molecule has 3 rings (SSSR count). The van der Waals surface area contributed by atoms with Crippen LogP contribution in [0.3, 0.4) is 0 Å². The number of hydrogen-bond acceptors (Lipinski definition) is 5. The lowest BCUT2D eigenvalue weighted by molar-refractivity contribution is -0.115. The fraction of sp³-hybridized carbons (Fsp3) is 0.158. The van der Waals surface area contributed by atoms with Gasteiger partial charge in [0.2, 0.25) is 0 Å². The Bertz CT molecular complexity index is 954. The number of aromatic hydroxyl groups is 1. The van der Waals surface area contributed by atoms with Crippen LogP contribution < -0.4 is 10.1 Å². The van der Waals surface area contributed by atoms with Gasteiger partial charge in [-0.2, -0.15) is 0 Å². The van der Waals surface area contributed by atoms with Gasteiger partial charge in [-0.1, -0.05) is 17.7 Å². The molecule has 0 bridgehead atoms. The van der Waals surface area contributed by atoms with Crippen molar-refractivity contribution in [2.45, 2.75) is 13.8 Å². The molecule has 0 radical (unpaired) electrons. The van der Waals surface area contributed by atoms with Gasteiger partial charge in [-0.15, -0.1) is 0 Å². The first-order valence-electron chi connectivity index (χ1n) is 7.80. The molecule has 2 N–H and O–H groups in total. The second-order valence-electron chi connectivity index (χ2n) is 5.83. The van der Waals surface area contributed by atoms with Crippen LogP contribution in [-0.4, -0.2) is 23.3 Å². The number of thioether (sulfide) groups is 1. The van der Waals surface area contributed by atoms with Crippen LogP contribution in [0.4, 0.5) is 5.69 Å². The van der Waals surface area contributed by atoms with E-state index in [0.717, 1.165) is 16.8 Å². The Kier molecular flexibility index (Phi) is 5.57. The highest BCUT2D eigenvalue weighted by molar-refractivity contribution is 14.1. The number of aliphatic imine (C=N–C) groups is 1. The zero-order valence-electron chi connectivity index (χ0n) is 14.5. The summed E-state index contributed by atoms with van der Waals surface area (Å²) in [4.78, 5) is 17.3. The number of halogens is 1. The van der Waals surface area contributed by atoms with Crippen LogP contribution in [0.2, 0.25) is 0 Å². The summed E-state index contributed by atoms with van der Waals surface area (Å²) in [6.07, 6.45) is 1.76. The van der Waals surface area contributed by atoms with Crippen LogP contribution >= 0.6 is 34.4 Å². The van der Waals surface area contributed by atoms with E-state index in [2.05, 4.69) is 16.4 Å². The van der Waals surface area contributed by atoms with E-state index < -0.39 is 0 Å². The van der Waals surface area contributed by atoms with Gasteiger partial charge in [0.1, 0.15) is 0 Å². The third-order valence-corrected chi connectivity index (χ3v) is 5.53. The summed E-state index contributed by atoms with van der Waals surface area (Å²) in [7, 11) is 1.49. The number of nitrogens with zero attached hydrogens (tertiary/aromatic N) is 1. The predicted octanol–water partition coefficient (Wildman–Crippen LogP) is 4.51. The zero-order valence-corrected chi connectivity index (χ0v) is 17.4. The molecule has 7 heteroatoms. The van der Waals surface area contributed by atoms with Crippen molar-refractivity contribution in [3.63, 3.8) is 0 Å². The highest BCUT2D eigenvalue weighted by atomic mass is 127. The summed E-state index contributed by atoms with van der Waals surface area (Å²) in [6.45, 7) is 4.03. The first-order valence-corrected chi connectivity index (χ1v) is 9.70. The van der Waals surface area contributed by atoms with Gasteiger partial charge in [0.15, 0.2) is 16.7 Å². The molecule has 1 saturated heterocycles. The molecule has 0 saturated carbocycles. The second kappa shape index (κ2) is 7.71. The molecule has 1 fully saturated rings. The Hall–Kier alpha value is -2.00. The van der Waals surface area contributed by atoms with E-state index in [1.165, 1.54) is 24.4 Å². The molecule has 0 aromatic heterocycles. The Balaban J connectivity index is 1.89. The molecule has 0 atom stereocenters. The average Bonchev–Trinajstić information content (AvgIpc) is 2.92. The molecular weight excluding hydrogens is 463 g/mol. The minimum atomic E-state index is -0.194. The Morgan fingerprint density at radius 3 is 2.73 bits per heavy atom. The molecule has 1 aliphatic heterocycles. The van der Waals surface area contributed by atoms with Crippen LogP contribution in [0.15, 0.2) is 40.2 Å². The van der Waals surface area contributed by atoms with Crippen LogP contribution in [0.25, 0.3) is 6.08 Å². The van der Waals surface area contributed by atoms with Crippen molar-refractivity contribution in [3.05, 3.63) is 55.5 Å². The molecule has 2 aromatic carbocycles. The summed E-state index contributed by atoms with van der Waals surface area (Å²) in [5.41, 5.74) is 3.84. The van der Waals surface area contributed by atoms with Crippen molar-refractivity contribution in [1.82, 2.24) is 5.32 Å². The van der Waals surface area contributed by atoms with E-state index in [1.807, 2.05) is 48.6 Å². The third-order valence-electron chi connectivity index (χ3n) is 3.79. The van der Waals surface area contributed by atoms with Gasteiger partial charge >= 0.3 is 0 Å². The molecule has 5 nitrogen and oxygen atoms in total. The second-order valence-corrected chi connectivity index (χ2v) is 8.02. The maximum atomic E-state index is 12.3. The Labute approximate surface area is 169 Å². The van der Waals surface area contributed by atoms with Gasteiger partial charge in [-0.3, -0.25) is 4.79 Å². The third kappa shape index (κ3) is 4.04. The molecule has 0 spiro atoms. The standard InChI is InChI=1S/C19H17IN2O3S/c1-10-4-5-14(11(2)6-10)21-19-22-18(24)16(26-19)9-12-7-13(20)17(23)15(8-12)25-3/h4-9,23H,1-3H3,(H,21,22,24)/b16-9+. The highest BCUT2D eigenvalue weighted by Gasteiger charge is 2.24. The normalized spacial score (nSPS) is 17.0. The van der Waals surface area contributed by atoms with Gasteiger partial charge in [0.05, 0.1) is 21.3 Å². The van der Waals surface area contributed by atoms with Crippen molar-refractivity contribution in [1.29, 1.82) is 0 Å². The lowest BCUT2D eigenvalue weighted by atomic mass is 10.1. The fourth-order valence-electron chi connectivity index (χ4n) is 2.50. The number of nitrogens with one attached hydrogen (secondary N) is 1. The number of methoxy groups -OCH3 is 1. The molecular formula is C19H17IN2O3S. The van der Waals surface area contributed by atoms with Crippen molar-refractivity contribution in [3.8, 4) is 11.5 Å². The number of phenols is 1. The van der Waals surface area contributed by atoms with Crippen molar-refractivity contribution >= 4 is 57.2 Å². The maximum Gasteiger partial charge on any atom is 0.264 e.